The second kappa shape index (κ2) is 6.38. The summed E-state index contributed by atoms with van der Waals surface area (Å²) in [6, 6.07) is 5.64. The van der Waals surface area contributed by atoms with Gasteiger partial charge in [0.25, 0.3) is 0 Å². The Kier molecular flexibility index (Phi) is 4.81. The first-order valence-electron chi connectivity index (χ1n) is 7.36. The fourth-order valence-corrected chi connectivity index (χ4v) is 2.81. The third-order valence-corrected chi connectivity index (χ3v) is 4.26. The van der Waals surface area contributed by atoms with Crippen LogP contribution in [-0.4, -0.2) is 25.7 Å². The van der Waals surface area contributed by atoms with Gasteiger partial charge in [-0.2, -0.15) is 0 Å². The molecule has 2 atom stereocenters. The molecule has 1 heterocycles. The van der Waals surface area contributed by atoms with Gasteiger partial charge in [-0.25, -0.2) is 4.39 Å². The molecular formula is C16H25FN2. The Morgan fingerprint density at radius 2 is 2.26 bits per heavy atom. The van der Waals surface area contributed by atoms with E-state index in [2.05, 4.69) is 24.1 Å². The summed E-state index contributed by atoms with van der Waals surface area (Å²) in [5, 5.41) is 3.65. The summed E-state index contributed by atoms with van der Waals surface area (Å²) < 4.78 is 13.2. The van der Waals surface area contributed by atoms with Gasteiger partial charge in [-0.05, 0) is 49.6 Å². The number of rotatable bonds is 3. The molecule has 19 heavy (non-hydrogen) atoms. The summed E-state index contributed by atoms with van der Waals surface area (Å²) in [7, 11) is 0. The molecule has 0 spiro atoms. The summed E-state index contributed by atoms with van der Waals surface area (Å²) in [5.41, 5.74) is 2.21. The van der Waals surface area contributed by atoms with E-state index in [0.717, 1.165) is 31.6 Å². The maximum atomic E-state index is 13.2. The van der Waals surface area contributed by atoms with Crippen molar-refractivity contribution in [2.45, 2.75) is 39.7 Å². The predicted molar refractivity (Wildman–Crippen MR) is 79.2 cm³/mol. The Hall–Kier alpha value is -1.09. The fourth-order valence-electron chi connectivity index (χ4n) is 2.81. The Morgan fingerprint density at radius 1 is 1.47 bits per heavy atom. The fraction of sp³-hybridized carbons (Fsp3) is 0.625. The summed E-state index contributed by atoms with van der Waals surface area (Å²) in [6.45, 7) is 9.68. The summed E-state index contributed by atoms with van der Waals surface area (Å²) in [5.74, 6) is 0.522. The van der Waals surface area contributed by atoms with Gasteiger partial charge in [-0.1, -0.05) is 20.3 Å². The topological polar surface area (TPSA) is 15.3 Å². The number of hydrogen-bond donors (Lipinski definition) is 1. The molecular weight excluding hydrogens is 239 g/mol. The summed E-state index contributed by atoms with van der Waals surface area (Å²) in [4.78, 5) is 2.41. The van der Waals surface area contributed by atoms with Crippen LogP contribution in [0.3, 0.4) is 0 Å². The van der Waals surface area contributed by atoms with Crippen molar-refractivity contribution < 1.29 is 4.39 Å². The molecule has 1 fully saturated rings. The van der Waals surface area contributed by atoms with Gasteiger partial charge in [0.15, 0.2) is 0 Å². The highest BCUT2D eigenvalue weighted by Crippen LogP contribution is 2.23. The molecule has 0 saturated carbocycles. The summed E-state index contributed by atoms with van der Waals surface area (Å²) in [6.07, 6.45) is 2.33. The van der Waals surface area contributed by atoms with Crippen LogP contribution in [-0.2, 0) is 0 Å². The molecule has 2 nitrogen and oxygen atoms in total. The molecule has 0 aromatic heterocycles. The second-order valence-corrected chi connectivity index (χ2v) is 5.68. The van der Waals surface area contributed by atoms with Crippen LogP contribution in [0.5, 0.6) is 0 Å². The predicted octanol–water partition coefficient (Wildman–Crippen LogP) is 3.35. The molecule has 106 valence electrons. The standard InChI is InChI=1S/C16H25FN2/c1-4-12(2)15-11-19(9-5-8-18-15)16-7-6-14(17)10-13(16)3/h6-7,10,12,15,18H,4-5,8-9,11H2,1-3H3. The van der Waals surface area contributed by atoms with Crippen LogP contribution in [0.1, 0.15) is 32.3 Å². The molecule has 1 aromatic carbocycles. The highest BCUT2D eigenvalue weighted by atomic mass is 19.1. The average Bonchev–Trinajstić information content (AvgIpc) is 2.63. The van der Waals surface area contributed by atoms with Crippen molar-refractivity contribution in [2.24, 2.45) is 5.92 Å². The Morgan fingerprint density at radius 3 is 2.95 bits per heavy atom. The lowest BCUT2D eigenvalue weighted by Gasteiger charge is -2.30. The first-order chi connectivity index (χ1) is 9.11. The highest BCUT2D eigenvalue weighted by Gasteiger charge is 2.22. The van der Waals surface area contributed by atoms with E-state index in [0.29, 0.717) is 12.0 Å². The minimum atomic E-state index is -0.146. The van der Waals surface area contributed by atoms with Gasteiger partial charge in [0.05, 0.1) is 0 Å². The van der Waals surface area contributed by atoms with Crippen LogP contribution in [0, 0.1) is 18.7 Å². The zero-order chi connectivity index (χ0) is 13.8. The monoisotopic (exact) mass is 264 g/mol. The van der Waals surface area contributed by atoms with Crippen molar-refractivity contribution in [3.05, 3.63) is 29.6 Å². The van der Waals surface area contributed by atoms with Crippen molar-refractivity contribution >= 4 is 5.69 Å². The quantitative estimate of drug-likeness (QED) is 0.900. The van der Waals surface area contributed by atoms with Crippen LogP contribution < -0.4 is 10.2 Å². The average molecular weight is 264 g/mol. The molecule has 2 rings (SSSR count). The minimum absolute atomic E-state index is 0.146. The first-order valence-corrected chi connectivity index (χ1v) is 7.36. The smallest absolute Gasteiger partial charge is 0.123 e. The number of nitrogens with one attached hydrogen (secondary N) is 1. The lowest BCUT2D eigenvalue weighted by Crippen LogP contribution is -2.42. The maximum Gasteiger partial charge on any atom is 0.123 e. The van der Waals surface area contributed by atoms with Gasteiger partial charge in [-0.3, -0.25) is 0 Å². The zero-order valence-corrected chi connectivity index (χ0v) is 12.2. The van der Waals surface area contributed by atoms with E-state index in [1.807, 2.05) is 13.0 Å². The molecule has 1 aliphatic heterocycles. The van der Waals surface area contributed by atoms with Gasteiger partial charge in [-0.15, -0.1) is 0 Å². The number of anilines is 1. The molecule has 0 radical (unpaired) electrons. The normalized spacial score (nSPS) is 22.1. The molecule has 1 saturated heterocycles. The van der Waals surface area contributed by atoms with Gasteiger partial charge >= 0.3 is 0 Å². The molecule has 1 N–H and O–H groups in total. The lowest BCUT2D eigenvalue weighted by atomic mass is 9.98. The van der Waals surface area contributed by atoms with Crippen LogP contribution in [0.2, 0.25) is 0 Å². The first kappa shape index (κ1) is 14.3. The molecule has 1 aliphatic rings. The molecule has 0 amide bonds. The highest BCUT2D eigenvalue weighted by molar-refractivity contribution is 5.53. The van der Waals surface area contributed by atoms with Crippen LogP contribution in [0.4, 0.5) is 10.1 Å². The molecule has 2 unspecified atom stereocenters. The van der Waals surface area contributed by atoms with Crippen molar-refractivity contribution in [2.75, 3.05) is 24.5 Å². The van der Waals surface area contributed by atoms with E-state index in [9.17, 15) is 4.39 Å². The van der Waals surface area contributed by atoms with Gasteiger partial charge in [0.2, 0.25) is 0 Å². The number of benzene rings is 1. The van der Waals surface area contributed by atoms with Crippen LogP contribution in [0.15, 0.2) is 18.2 Å². The number of nitrogens with zero attached hydrogens (tertiary/aromatic N) is 1. The Balaban J connectivity index is 2.17. The molecule has 0 aliphatic carbocycles. The number of hydrogen-bond acceptors (Lipinski definition) is 2. The van der Waals surface area contributed by atoms with E-state index in [4.69, 9.17) is 0 Å². The minimum Gasteiger partial charge on any atom is -0.370 e. The van der Waals surface area contributed by atoms with Crippen molar-refractivity contribution in [1.82, 2.24) is 5.32 Å². The van der Waals surface area contributed by atoms with Crippen molar-refractivity contribution in [3.63, 3.8) is 0 Å². The van der Waals surface area contributed by atoms with Crippen LogP contribution in [0.25, 0.3) is 0 Å². The van der Waals surface area contributed by atoms with E-state index in [-0.39, 0.29) is 5.82 Å². The summed E-state index contributed by atoms with van der Waals surface area (Å²) >= 11 is 0. The second-order valence-electron chi connectivity index (χ2n) is 5.68. The van der Waals surface area contributed by atoms with Gasteiger partial charge in [0.1, 0.15) is 5.82 Å². The zero-order valence-electron chi connectivity index (χ0n) is 12.2. The van der Waals surface area contributed by atoms with Crippen LogP contribution >= 0.6 is 0 Å². The van der Waals surface area contributed by atoms with Gasteiger partial charge < -0.3 is 10.2 Å². The lowest BCUT2D eigenvalue weighted by molar-refractivity contribution is 0.384. The van der Waals surface area contributed by atoms with E-state index in [1.54, 1.807) is 12.1 Å². The maximum absolute atomic E-state index is 13.2. The van der Waals surface area contributed by atoms with Crippen molar-refractivity contribution in [1.29, 1.82) is 0 Å². The molecule has 1 aromatic rings. The molecule has 0 bridgehead atoms. The SMILES string of the molecule is CCC(C)C1CN(c2ccc(F)cc2C)CCCN1. The third-order valence-electron chi connectivity index (χ3n) is 4.26. The van der Waals surface area contributed by atoms with Crippen molar-refractivity contribution in [3.8, 4) is 0 Å². The van der Waals surface area contributed by atoms with E-state index in [1.165, 1.54) is 12.1 Å². The van der Waals surface area contributed by atoms with Gasteiger partial charge in [0, 0.05) is 24.8 Å². The van der Waals surface area contributed by atoms with E-state index < -0.39 is 0 Å². The largest absolute Gasteiger partial charge is 0.370 e. The number of aryl methyl sites for hydroxylation is 1. The Bertz CT molecular complexity index is 419. The van der Waals surface area contributed by atoms with E-state index >= 15 is 0 Å². The Labute approximate surface area is 116 Å². The number of halogens is 1. The third kappa shape index (κ3) is 3.47. The molecule has 3 heteroatoms.